The zero-order valence-corrected chi connectivity index (χ0v) is 10.7. The van der Waals surface area contributed by atoms with E-state index in [2.05, 4.69) is 0 Å². The van der Waals surface area contributed by atoms with Crippen LogP contribution in [0.15, 0.2) is 47.8 Å². The second-order valence-electron chi connectivity index (χ2n) is 4.13. The number of alkyl halides is 5. The summed E-state index contributed by atoms with van der Waals surface area (Å²) in [6.45, 7) is 0. The van der Waals surface area contributed by atoms with E-state index in [1.807, 2.05) is 0 Å². The number of hydrogen-bond donors (Lipinski definition) is 1. The molecular weight excluding hydrogens is 299 g/mol. The number of hydrogen-bond acceptors (Lipinski definition) is 2. The first kappa shape index (κ1) is 14.9. The fraction of sp³-hybridized carbons (Fsp3) is 0.231. The molecule has 1 nitrogen and oxygen atoms in total. The Labute approximate surface area is 115 Å². The molecule has 0 amide bonds. The van der Waals surface area contributed by atoms with Crippen molar-refractivity contribution in [3.05, 3.63) is 58.3 Å². The van der Waals surface area contributed by atoms with E-state index >= 15 is 0 Å². The van der Waals surface area contributed by atoms with Crippen LogP contribution in [0.5, 0.6) is 0 Å². The quantitative estimate of drug-likeness (QED) is 0.843. The fourth-order valence-electron chi connectivity index (χ4n) is 1.85. The van der Waals surface area contributed by atoms with E-state index in [1.165, 1.54) is 29.6 Å². The second-order valence-corrected chi connectivity index (χ2v) is 5.07. The van der Waals surface area contributed by atoms with Crippen molar-refractivity contribution in [3.8, 4) is 0 Å². The first-order valence-corrected chi connectivity index (χ1v) is 6.35. The molecule has 1 atom stereocenters. The normalized spacial score (nSPS) is 15.9. The first-order valence-electron chi connectivity index (χ1n) is 5.47. The van der Waals surface area contributed by atoms with Gasteiger partial charge in [0.25, 0.3) is 0 Å². The van der Waals surface area contributed by atoms with Crippen LogP contribution in [-0.2, 0) is 5.60 Å². The topological polar surface area (TPSA) is 20.2 Å². The molecular formula is C13H9F5OS. The number of thiophene rings is 1. The van der Waals surface area contributed by atoms with Crippen LogP contribution in [0.25, 0.3) is 0 Å². The molecule has 0 aliphatic carbocycles. The maximum Gasteiger partial charge on any atom is 0.457 e. The van der Waals surface area contributed by atoms with Crippen LogP contribution < -0.4 is 0 Å². The Bertz CT molecular complexity index is 564. The Balaban J connectivity index is 2.69. The third-order valence-corrected chi connectivity index (χ3v) is 3.86. The Morgan fingerprint density at radius 1 is 0.850 bits per heavy atom. The van der Waals surface area contributed by atoms with Crippen molar-refractivity contribution in [2.24, 2.45) is 0 Å². The van der Waals surface area contributed by atoms with Gasteiger partial charge < -0.3 is 5.11 Å². The summed E-state index contributed by atoms with van der Waals surface area (Å²) in [7, 11) is 0. The van der Waals surface area contributed by atoms with Crippen molar-refractivity contribution < 1.29 is 27.1 Å². The van der Waals surface area contributed by atoms with E-state index in [1.54, 1.807) is 0 Å². The molecule has 2 rings (SSSR count). The lowest BCUT2D eigenvalue weighted by Crippen LogP contribution is -2.55. The van der Waals surface area contributed by atoms with Gasteiger partial charge in [-0.1, -0.05) is 36.4 Å². The lowest BCUT2D eigenvalue weighted by molar-refractivity contribution is -0.335. The highest BCUT2D eigenvalue weighted by molar-refractivity contribution is 7.10. The average Bonchev–Trinajstić information content (AvgIpc) is 2.91. The van der Waals surface area contributed by atoms with Gasteiger partial charge in [0.15, 0.2) is 5.60 Å². The minimum atomic E-state index is -5.87. The maximum absolute atomic E-state index is 13.9. The number of benzene rings is 1. The van der Waals surface area contributed by atoms with Crippen molar-refractivity contribution in [1.29, 1.82) is 0 Å². The summed E-state index contributed by atoms with van der Waals surface area (Å²) in [5.41, 5.74) is -3.95. The predicted octanol–water partition coefficient (Wildman–Crippen LogP) is 4.18. The molecule has 0 aliphatic heterocycles. The molecule has 0 unspecified atom stereocenters. The molecule has 0 bridgehead atoms. The van der Waals surface area contributed by atoms with Gasteiger partial charge in [0, 0.05) is 4.88 Å². The largest absolute Gasteiger partial charge is 0.457 e. The number of halogens is 5. The van der Waals surface area contributed by atoms with Gasteiger partial charge >= 0.3 is 12.1 Å². The molecule has 108 valence electrons. The van der Waals surface area contributed by atoms with Crippen molar-refractivity contribution in [1.82, 2.24) is 0 Å². The standard InChI is InChI=1S/C13H9F5OS/c14-12(15,13(16,17)18)11(19,10-7-4-8-20-10)9-5-2-1-3-6-9/h1-8,19H/t11-/m1/s1. The predicted molar refractivity (Wildman–Crippen MR) is 64.8 cm³/mol. The van der Waals surface area contributed by atoms with Crippen molar-refractivity contribution in [3.63, 3.8) is 0 Å². The van der Waals surface area contributed by atoms with E-state index in [0.29, 0.717) is 11.3 Å². The molecule has 1 N–H and O–H groups in total. The Kier molecular flexibility index (Phi) is 3.60. The highest BCUT2D eigenvalue weighted by Crippen LogP contribution is 2.52. The van der Waals surface area contributed by atoms with Gasteiger partial charge in [-0.3, -0.25) is 0 Å². The van der Waals surface area contributed by atoms with Crippen LogP contribution in [0, 0.1) is 0 Å². The maximum atomic E-state index is 13.9. The first-order chi connectivity index (χ1) is 9.21. The van der Waals surface area contributed by atoms with Gasteiger partial charge in [0.05, 0.1) is 0 Å². The van der Waals surface area contributed by atoms with Gasteiger partial charge in [0.2, 0.25) is 0 Å². The van der Waals surface area contributed by atoms with Gasteiger partial charge in [-0.25, -0.2) is 0 Å². The lowest BCUT2D eigenvalue weighted by atomic mass is 9.85. The van der Waals surface area contributed by atoms with Crippen LogP contribution >= 0.6 is 11.3 Å². The van der Waals surface area contributed by atoms with Gasteiger partial charge in [-0.2, -0.15) is 22.0 Å². The van der Waals surface area contributed by atoms with Gasteiger partial charge in [-0.05, 0) is 17.0 Å². The van der Waals surface area contributed by atoms with Crippen LogP contribution in [0.4, 0.5) is 22.0 Å². The van der Waals surface area contributed by atoms with E-state index in [0.717, 1.165) is 18.2 Å². The molecule has 1 heterocycles. The monoisotopic (exact) mass is 308 g/mol. The molecule has 0 saturated carbocycles. The second kappa shape index (κ2) is 4.82. The van der Waals surface area contributed by atoms with E-state index < -0.39 is 28.1 Å². The summed E-state index contributed by atoms with van der Waals surface area (Å²) in [5.74, 6) is -5.31. The van der Waals surface area contributed by atoms with E-state index in [-0.39, 0.29) is 0 Å². The SMILES string of the molecule is O[C@](c1ccccc1)(c1cccs1)C(F)(F)C(F)(F)F. The summed E-state index contributed by atoms with van der Waals surface area (Å²) in [5, 5.41) is 11.6. The van der Waals surface area contributed by atoms with Crippen LogP contribution in [-0.4, -0.2) is 17.2 Å². The van der Waals surface area contributed by atoms with Crippen LogP contribution in [0.2, 0.25) is 0 Å². The van der Waals surface area contributed by atoms with Crippen molar-refractivity contribution in [2.75, 3.05) is 0 Å². The number of aliphatic hydroxyl groups is 1. The van der Waals surface area contributed by atoms with E-state index in [9.17, 15) is 27.1 Å². The van der Waals surface area contributed by atoms with Crippen molar-refractivity contribution >= 4 is 11.3 Å². The van der Waals surface area contributed by atoms with Crippen LogP contribution in [0.3, 0.4) is 0 Å². The Morgan fingerprint density at radius 2 is 1.45 bits per heavy atom. The Morgan fingerprint density at radius 3 is 1.90 bits per heavy atom. The molecule has 0 aliphatic rings. The summed E-state index contributed by atoms with van der Waals surface area (Å²) in [4.78, 5) is -0.467. The Hall–Kier alpha value is -1.47. The van der Waals surface area contributed by atoms with Gasteiger partial charge in [0.1, 0.15) is 0 Å². The highest BCUT2D eigenvalue weighted by Gasteiger charge is 2.71. The molecule has 7 heteroatoms. The van der Waals surface area contributed by atoms with E-state index in [4.69, 9.17) is 0 Å². The van der Waals surface area contributed by atoms with Crippen LogP contribution in [0.1, 0.15) is 10.4 Å². The lowest BCUT2D eigenvalue weighted by Gasteiger charge is -2.36. The fourth-order valence-corrected chi connectivity index (χ4v) is 2.72. The highest BCUT2D eigenvalue weighted by atomic mass is 32.1. The zero-order valence-electron chi connectivity index (χ0n) is 9.86. The third-order valence-electron chi connectivity index (χ3n) is 2.88. The molecule has 20 heavy (non-hydrogen) atoms. The minimum Gasteiger partial charge on any atom is -0.374 e. The molecule has 1 aromatic carbocycles. The molecule has 0 saturated heterocycles. The molecule has 2 aromatic rings. The summed E-state index contributed by atoms with van der Waals surface area (Å²) >= 11 is 0.638. The number of rotatable bonds is 3. The molecule has 0 spiro atoms. The zero-order chi connectivity index (χ0) is 15.0. The molecule has 1 aromatic heterocycles. The average molecular weight is 308 g/mol. The summed E-state index contributed by atoms with van der Waals surface area (Å²) in [6.07, 6.45) is -5.87. The smallest absolute Gasteiger partial charge is 0.374 e. The van der Waals surface area contributed by atoms with Gasteiger partial charge in [-0.15, -0.1) is 11.3 Å². The summed E-state index contributed by atoms with van der Waals surface area (Å²) < 4.78 is 65.8. The molecule has 0 fully saturated rings. The summed E-state index contributed by atoms with van der Waals surface area (Å²) in [6, 6.07) is 8.49. The molecule has 0 radical (unpaired) electrons. The third kappa shape index (κ3) is 2.10. The van der Waals surface area contributed by atoms with Crippen molar-refractivity contribution in [2.45, 2.75) is 17.7 Å². The minimum absolute atomic E-state index is 0.467.